The van der Waals surface area contributed by atoms with Gasteiger partial charge in [-0.1, -0.05) is 24.3 Å². The minimum absolute atomic E-state index is 0.0470. The van der Waals surface area contributed by atoms with Crippen LogP contribution in [-0.2, 0) is 27.9 Å². The van der Waals surface area contributed by atoms with Crippen molar-refractivity contribution in [3.63, 3.8) is 0 Å². The fourth-order valence-electron chi connectivity index (χ4n) is 3.52. The van der Waals surface area contributed by atoms with E-state index in [0.717, 1.165) is 5.56 Å². The number of hydrogen-bond donors (Lipinski definition) is 0. The second-order valence-corrected chi connectivity index (χ2v) is 9.86. The van der Waals surface area contributed by atoms with E-state index in [2.05, 4.69) is 0 Å². The first-order valence-electron chi connectivity index (χ1n) is 11.4. The Kier molecular flexibility index (Phi) is 7.78. The average Bonchev–Trinajstić information content (AvgIpc) is 3.58. The number of nitrogens with zero attached hydrogens (tertiary/aromatic N) is 1. The molecule has 0 aliphatic rings. The van der Waals surface area contributed by atoms with Crippen molar-refractivity contribution in [1.82, 2.24) is 4.90 Å². The van der Waals surface area contributed by atoms with E-state index in [-0.39, 0.29) is 41.0 Å². The zero-order valence-electron chi connectivity index (χ0n) is 20.2. The predicted octanol–water partition coefficient (Wildman–Crippen LogP) is 5.05. The van der Waals surface area contributed by atoms with E-state index >= 15 is 0 Å². The first-order valence-corrected chi connectivity index (χ1v) is 12.8. The van der Waals surface area contributed by atoms with Crippen molar-refractivity contribution in [2.24, 2.45) is 0 Å². The number of benzene rings is 2. The Morgan fingerprint density at radius 3 is 2.22 bits per heavy atom. The van der Waals surface area contributed by atoms with Gasteiger partial charge in [-0.15, -0.1) is 0 Å². The highest BCUT2D eigenvalue weighted by atomic mass is 32.2. The first kappa shape index (κ1) is 25.8. The lowest BCUT2D eigenvalue weighted by Gasteiger charge is -2.21. The molecule has 0 bridgehead atoms. The summed E-state index contributed by atoms with van der Waals surface area (Å²) in [6, 6.07) is 18.6. The summed E-state index contributed by atoms with van der Waals surface area (Å²) < 4.78 is 47.0. The third-order valence-electron chi connectivity index (χ3n) is 5.17. The number of esters is 1. The van der Waals surface area contributed by atoms with Gasteiger partial charge in [0.2, 0.25) is 0 Å². The average molecular weight is 524 g/mol. The lowest BCUT2D eigenvalue weighted by Crippen LogP contribution is -2.29. The second-order valence-electron chi connectivity index (χ2n) is 8.35. The van der Waals surface area contributed by atoms with Crippen molar-refractivity contribution in [2.45, 2.75) is 37.9 Å². The summed E-state index contributed by atoms with van der Waals surface area (Å²) in [5.74, 6) is -0.251. The second kappa shape index (κ2) is 11.2. The number of hydrogen-bond acceptors (Lipinski definition) is 8. The van der Waals surface area contributed by atoms with Crippen LogP contribution in [0.4, 0.5) is 0 Å². The highest BCUT2D eigenvalue weighted by Gasteiger charge is 2.26. The molecule has 0 spiro atoms. The Morgan fingerprint density at radius 1 is 0.865 bits per heavy atom. The van der Waals surface area contributed by atoms with Crippen LogP contribution in [0.5, 0.6) is 5.75 Å². The molecule has 4 rings (SSSR count). The largest absolute Gasteiger partial charge is 0.467 e. The number of furan rings is 2. The van der Waals surface area contributed by atoms with E-state index in [4.69, 9.17) is 17.8 Å². The molecule has 0 aliphatic heterocycles. The summed E-state index contributed by atoms with van der Waals surface area (Å²) >= 11 is 0. The van der Waals surface area contributed by atoms with Crippen LogP contribution in [0.2, 0.25) is 0 Å². The summed E-state index contributed by atoms with van der Waals surface area (Å²) in [7, 11) is -4.33. The van der Waals surface area contributed by atoms with Crippen LogP contribution in [0.15, 0.2) is 99.1 Å². The molecule has 0 aliphatic carbocycles. The maximum Gasteiger partial charge on any atom is 0.340 e. The Hall–Kier alpha value is -4.31. The Balaban J connectivity index is 1.51. The molecule has 10 heteroatoms. The minimum atomic E-state index is -4.33. The molecule has 9 nitrogen and oxygen atoms in total. The van der Waals surface area contributed by atoms with Gasteiger partial charge in [0.1, 0.15) is 16.4 Å². The van der Waals surface area contributed by atoms with Gasteiger partial charge in [-0.2, -0.15) is 8.42 Å². The number of carbonyl (C=O) groups is 2. The maximum atomic E-state index is 13.0. The topological polar surface area (TPSA) is 116 Å². The summed E-state index contributed by atoms with van der Waals surface area (Å²) in [5.41, 5.74) is 0.606. The van der Waals surface area contributed by atoms with Gasteiger partial charge in [-0.3, -0.25) is 4.79 Å². The van der Waals surface area contributed by atoms with Crippen molar-refractivity contribution < 1.29 is 35.8 Å². The van der Waals surface area contributed by atoms with Gasteiger partial charge in [0, 0.05) is 6.54 Å². The van der Waals surface area contributed by atoms with Gasteiger partial charge in [0.15, 0.2) is 5.76 Å². The number of carbonyl (C=O) groups excluding carboxylic acids is 2. The number of amides is 1. The molecule has 0 fully saturated rings. The molecule has 2 aromatic heterocycles. The van der Waals surface area contributed by atoms with E-state index in [9.17, 15) is 18.0 Å². The summed E-state index contributed by atoms with van der Waals surface area (Å²) in [4.78, 5) is 26.6. The monoisotopic (exact) mass is 523 g/mol. The Bertz CT molecular complexity index is 1440. The molecule has 37 heavy (non-hydrogen) atoms. The quantitative estimate of drug-likeness (QED) is 0.209. The molecule has 0 saturated heterocycles. The van der Waals surface area contributed by atoms with E-state index < -0.39 is 22.2 Å². The molecule has 2 heterocycles. The fourth-order valence-corrected chi connectivity index (χ4v) is 4.64. The van der Waals surface area contributed by atoms with E-state index in [0.29, 0.717) is 5.76 Å². The van der Waals surface area contributed by atoms with Crippen molar-refractivity contribution in [2.75, 3.05) is 0 Å². The normalized spacial score (nSPS) is 11.3. The van der Waals surface area contributed by atoms with Gasteiger partial charge in [0.25, 0.3) is 5.91 Å². The van der Waals surface area contributed by atoms with Crippen molar-refractivity contribution in [3.05, 3.63) is 108 Å². The molecule has 2 aromatic carbocycles. The van der Waals surface area contributed by atoms with Crippen molar-refractivity contribution in [3.8, 4) is 5.75 Å². The van der Waals surface area contributed by atoms with Gasteiger partial charge in [0.05, 0.1) is 30.7 Å². The highest BCUT2D eigenvalue weighted by Crippen LogP contribution is 2.24. The predicted molar refractivity (Wildman–Crippen MR) is 132 cm³/mol. The molecule has 0 unspecified atom stereocenters. The number of rotatable bonds is 10. The molecule has 1 amide bonds. The van der Waals surface area contributed by atoms with Gasteiger partial charge in [-0.05, 0) is 67.9 Å². The zero-order valence-corrected chi connectivity index (χ0v) is 21.0. The smallest absolute Gasteiger partial charge is 0.340 e. The Morgan fingerprint density at radius 2 is 1.57 bits per heavy atom. The summed E-state index contributed by atoms with van der Waals surface area (Å²) in [6.45, 7) is 3.76. The molecular weight excluding hydrogens is 498 g/mol. The van der Waals surface area contributed by atoms with E-state index in [1.807, 2.05) is 0 Å². The van der Waals surface area contributed by atoms with Crippen LogP contribution in [0.25, 0.3) is 0 Å². The van der Waals surface area contributed by atoms with E-state index in [1.165, 1.54) is 42.9 Å². The van der Waals surface area contributed by atoms with Crippen LogP contribution >= 0.6 is 0 Å². The summed E-state index contributed by atoms with van der Waals surface area (Å²) in [5, 5.41) is 0. The zero-order chi connectivity index (χ0) is 26.4. The highest BCUT2D eigenvalue weighted by molar-refractivity contribution is 7.87. The lowest BCUT2D eigenvalue weighted by molar-refractivity contribution is 0.0372. The molecule has 0 atom stereocenters. The molecule has 0 N–H and O–H groups in total. The molecule has 0 radical (unpaired) electrons. The lowest BCUT2D eigenvalue weighted by atomic mass is 10.2. The van der Waals surface area contributed by atoms with Crippen molar-refractivity contribution >= 4 is 22.0 Å². The third-order valence-corrected chi connectivity index (χ3v) is 6.47. The number of ether oxygens (including phenoxy) is 1. The summed E-state index contributed by atoms with van der Waals surface area (Å²) in [6.07, 6.45) is 2.53. The van der Waals surface area contributed by atoms with Gasteiger partial charge >= 0.3 is 16.1 Å². The third kappa shape index (κ3) is 6.47. The molecule has 192 valence electrons. The van der Waals surface area contributed by atoms with Crippen LogP contribution in [0.1, 0.15) is 46.1 Å². The van der Waals surface area contributed by atoms with Crippen molar-refractivity contribution in [1.29, 1.82) is 0 Å². The molecule has 0 saturated carbocycles. The van der Waals surface area contributed by atoms with Crippen LogP contribution in [0, 0.1) is 0 Å². The van der Waals surface area contributed by atoms with Crippen LogP contribution in [0.3, 0.4) is 0 Å². The maximum absolute atomic E-state index is 13.0. The fraction of sp³-hybridized carbons (Fsp3) is 0.185. The minimum Gasteiger partial charge on any atom is -0.467 e. The van der Waals surface area contributed by atoms with Crippen LogP contribution < -0.4 is 4.18 Å². The van der Waals surface area contributed by atoms with Gasteiger partial charge in [-0.25, -0.2) is 4.79 Å². The first-order chi connectivity index (χ1) is 17.7. The molecule has 4 aromatic rings. The van der Waals surface area contributed by atoms with Gasteiger partial charge < -0.3 is 22.7 Å². The standard InChI is InChI=1S/C27H25NO8S/c1-19(2)35-27(30)23-8-3-4-10-25(23)37(31,32)36-21-13-11-20(12-14-21)17-28(18-22-7-5-15-33-22)26(29)24-9-6-16-34-24/h3-16,19H,17-18H2,1-2H3. The Labute approximate surface area is 214 Å². The van der Waals surface area contributed by atoms with Crippen LogP contribution in [-0.4, -0.2) is 31.3 Å². The molecular formula is C27H25NO8S. The SMILES string of the molecule is CC(C)OC(=O)c1ccccc1S(=O)(=O)Oc1ccc(CN(Cc2ccco2)C(=O)c2ccco2)cc1. The van der Waals surface area contributed by atoms with E-state index in [1.54, 1.807) is 61.2 Å².